The van der Waals surface area contributed by atoms with Gasteiger partial charge in [-0.05, 0) is 26.6 Å². The van der Waals surface area contributed by atoms with Gasteiger partial charge in [-0.3, -0.25) is 9.69 Å². The fraction of sp³-hybridized carbons (Fsp3) is 0.364. The molecule has 0 fully saturated rings. The van der Waals surface area contributed by atoms with Crippen molar-refractivity contribution in [2.24, 2.45) is 0 Å². The first-order valence-electron chi connectivity index (χ1n) is 4.48. The molecule has 1 atom stereocenters. The molecular formula is C11H15NO2. The minimum Gasteiger partial charge on any atom is -0.480 e. The predicted molar refractivity (Wildman–Crippen MR) is 55.2 cm³/mol. The van der Waals surface area contributed by atoms with Crippen molar-refractivity contribution in [1.29, 1.82) is 0 Å². The number of hydrogen-bond acceptors (Lipinski definition) is 2. The van der Waals surface area contributed by atoms with Crippen molar-refractivity contribution >= 4 is 5.97 Å². The molecule has 0 bridgehead atoms. The second-order valence-electron chi connectivity index (χ2n) is 3.62. The Bertz CT molecular complexity index is 317. The van der Waals surface area contributed by atoms with E-state index in [2.05, 4.69) is 0 Å². The van der Waals surface area contributed by atoms with Crippen molar-refractivity contribution in [2.45, 2.75) is 13.0 Å². The molecule has 0 spiro atoms. The first-order valence-corrected chi connectivity index (χ1v) is 4.48. The van der Waals surface area contributed by atoms with E-state index < -0.39 is 12.0 Å². The minimum atomic E-state index is -0.821. The van der Waals surface area contributed by atoms with Gasteiger partial charge in [0.1, 0.15) is 6.04 Å². The van der Waals surface area contributed by atoms with Gasteiger partial charge in [0.25, 0.3) is 0 Å². The molecule has 0 radical (unpaired) electrons. The van der Waals surface area contributed by atoms with Gasteiger partial charge in [0.05, 0.1) is 0 Å². The van der Waals surface area contributed by atoms with E-state index in [1.165, 1.54) is 0 Å². The summed E-state index contributed by atoms with van der Waals surface area (Å²) in [7, 11) is 3.53. The van der Waals surface area contributed by atoms with Gasteiger partial charge in [0.15, 0.2) is 0 Å². The van der Waals surface area contributed by atoms with E-state index in [0.717, 1.165) is 11.1 Å². The van der Waals surface area contributed by atoms with Crippen LogP contribution < -0.4 is 0 Å². The summed E-state index contributed by atoms with van der Waals surface area (Å²) in [6.45, 7) is 1.98. The van der Waals surface area contributed by atoms with Crippen molar-refractivity contribution in [2.75, 3.05) is 14.1 Å². The van der Waals surface area contributed by atoms with Crippen LogP contribution in [0.1, 0.15) is 17.2 Å². The third kappa shape index (κ3) is 2.33. The smallest absolute Gasteiger partial charge is 0.325 e. The van der Waals surface area contributed by atoms with Crippen molar-refractivity contribution in [1.82, 2.24) is 4.90 Å². The molecule has 0 saturated carbocycles. The van der Waals surface area contributed by atoms with Gasteiger partial charge in [-0.1, -0.05) is 29.8 Å². The van der Waals surface area contributed by atoms with Gasteiger partial charge < -0.3 is 5.11 Å². The Labute approximate surface area is 84.0 Å². The summed E-state index contributed by atoms with van der Waals surface area (Å²) in [6, 6.07) is 7.00. The maximum atomic E-state index is 11.0. The van der Waals surface area contributed by atoms with Gasteiger partial charge in [-0.2, -0.15) is 0 Å². The molecule has 0 amide bonds. The molecular weight excluding hydrogens is 178 g/mol. The average Bonchev–Trinajstić information content (AvgIpc) is 2.07. The van der Waals surface area contributed by atoms with Gasteiger partial charge in [-0.25, -0.2) is 0 Å². The number of carbonyl (C=O) groups is 1. The highest BCUT2D eigenvalue weighted by Crippen LogP contribution is 2.18. The molecule has 0 aliphatic rings. The number of rotatable bonds is 3. The standard InChI is InChI=1S/C11H15NO2/c1-8-4-6-9(7-5-8)10(11(13)14)12(2)3/h4-7,10H,1-3H3,(H,13,14)/t10-/m1/s1. The second kappa shape index (κ2) is 4.24. The van der Waals surface area contributed by atoms with Crippen molar-refractivity contribution in [3.63, 3.8) is 0 Å². The lowest BCUT2D eigenvalue weighted by Crippen LogP contribution is -2.27. The predicted octanol–water partition coefficient (Wildman–Crippen LogP) is 1.68. The summed E-state index contributed by atoms with van der Waals surface area (Å²) in [6.07, 6.45) is 0. The minimum absolute atomic E-state index is 0.560. The van der Waals surface area contributed by atoms with E-state index in [1.54, 1.807) is 19.0 Å². The molecule has 14 heavy (non-hydrogen) atoms. The Morgan fingerprint density at radius 3 is 2.14 bits per heavy atom. The number of likely N-dealkylation sites (N-methyl/N-ethyl adjacent to an activating group) is 1. The van der Waals surface area contributed by atoms with E-state index in [9.17, 15) is 4.79 Å². The number of carboxylic acids is 1. The fourth-order valence-corrected chi connectivity index (χ4v) is 1.41. The first kappa shape index (κ1) is 10.7. The molecule has 1 N–H and O–H groups in total. The summed E-state index contributed by atoms with van der Waals surface area (Å²) < 4.78 is 0. The molecule has 0 heterocycles. The Kier molecular flexibility index (Phi) is 3.25. The highest BCUT2D eigenvalue weighted by atomic mass is 16.4. The molecule has 76 valence electrons. The quantitative estimate of drug-likeness (QED) is 0.794. The molecule has 1 aromatic carbocycles. The average molecular weight is 193 g/mol. The van der Waals surface area contributed by atoms with E-state index >= 15 is 0 Å². The third-order valence-electron chi connectivity index (χ3n) is 2.14. The highest BCUT2D eigenvalue weighted by molar-refractivity contribution is 5.75. The largest absolute Gasteiger partial charge is 0.480 e. The lowest BCUT2D eigenvalue weighted by atomic mass is 10.0. The van der Waals surface area contributed by atoms with E-state index in [4.69, 9.17) is 5.11 Å². The maximum Gasteiger partial charge on any atom is 0.325 e. The van der Waals surface area contributed by atoms with E-state index in [0.29, 0.717) is 0 Å². The maximum absolute atomic E-state index is 11.0. The van der Waals surface area contributed by atoms with E-state index in [-0.39, 0.29) is 0 Å². The van der Waals surface area contributed by atoms with Crippen molar-refractivity contribution in [3.05, 3.63) is 35.4 Å². The number of carboxylic acid groups (broad SMARTS) is 1. The molecule has 3 nitrogen and oxygen atoms in total. The number of aryl methyl sites for hydroxylation is 1. The monoisotopic (exact) mass is 193 g/mol. The summed E-state index contributed by atoms with van der Waals surface area (Å²) >= 11 is 0. The fourth-order valence-electron chi connectivity index (χ4n) is 1.41. The Morgan fingerprint density at radius 2 is 1.79 bits per heavy atom. The molecule has 0 aliphatic carbocycles. The highest BCUT2D eigenvalue weighted by Gasteiger charge is 2.21. The zero-order chi connectivity index (χ0) is 10.7. The van der Waals surface area contributed by atoms with Crippen molar-refractivity contribution < 1.29 is 9.90 Å². The zero-order valence-electron chi connectivity index (χ0n) is 8.69. The zero-order valence-corrected chi connectivity index (χ0v) is 8.69. The van der Waals surface area contributed by atoms with Crippen molar-refractivity contribution in [3.8, 4) is 0 Å². The van der Waals surface area contributed by atoms with Crippen LogP contribution in [0.4, 0.5) is 0 Å². The van der Waals surface area contributed by atoms with Crippen LogP contribution in [0.25, 0.3) is 0 Å². The SMILES string of the molecule is Cc1ccc([C@H](C(=O)O)N(C)C)cc1. The van der Waals surface area contributed by atoms with Crippen LogP contribution >= 0.6 is 0 Å². The van der Waals surface area contributed by atoms with Gasteiger partial charge in [0, 0.05) is 0 Å². The molecule has 1 aromatic rings. The van der Waals surface area contributed by atoms with Crippen LogP contribution in [-0.4, -0.2) is 30.1 Å². The Balaban J connectivity index is 3.00. The van der Waals surface area contributed by atoms with Gasteiger partial charge >= 0.3 is 5.97 Å². The number of aliphatic carboxylic acids is 1. The summed E-state index contributed by atoms with van der Waals surface area (Å²) in [5.41, 5.74) is 1.95. The molecule has 3 heteroatoms. The van der Waals surface area contributed by atoms with Crippen LogP contribution in [-0.2, 0) is 4.79 Å². The number of hydrogen-bond donors (Lipinski definition) is 1. The summed E-state index contributed by atoms with van der Waals surface area (Å²) in [4.78, 5) is 12.7. The van der Waals surface area contributed by atoms with Crippen LogP contribution in [0.15, 0.2) is 24.3 Å². The molecule has 0 aliphatic heterocycles. The molecule has 0 aromatic heterocycles. The molecule has 0 saturated heterocycles. The first-order chi connectivity index (χ1) is 6.52. The van der Waals surface area contributed by atoms with Gasteiger partial charge in [-0.15, -0.1) is 0 Å². The van der Waals surface area contributed by atoms with E-state index in [1.807, 2.05) is 31.2 Å². The summed E-state index contributed by atoms with van der Waals surface area (Å²) in [5, 5.41) is 9.02. The van der Waals surface area contributed by atoms with Crippen LogP contribution in [0, 0.1) is 6.92 Å². The van der Waals surface area contributed by atoms with Crippen LogP contribution in [0.5, 0.6) is 0 Å². The number of nitrogens with zero attached hydrogens (tertiary/aromatic N) is 1. The van der Waals surface area contributed by atoms with Crippen LogP contribution in [0.3, 0.4) is 0 Å². The van der Waals surface area contributed by atoms with Crippen LogP contribution in [0.2, 0.25) is 0 Å². The molecule has 0 unspecified atom stereocenters. The normalized spacial score (nSPS) is 12.9. The Hall–Kier alpha value is -1.35. The Morgan fingerprint density at radius 1 is 1.29 bits per heavy atom. The lowest BCUT2D eigenvalue weighted by Gasteiger charge is -2.20. The van der Waals surface area contributed by atoms with Gasteiger partial charge in [0.2, 0.25) is 0 Å². The summed E-state index contributed by atoms with van der Waals surface area (Å²) in [5.74, 6) is -0.821. The third-order valence-corrected chi connectivity index (χ3v) is 2.14. The topological polar surface area (TPSA) is 40.5 Å². The molecule has 1 rings (SSSR count). The second-order valence-corrected chi connectivity index (χ2v) is 3.62. The number of benzene rings is 1. The lowest BCUT2D eigenvalue weighted by molar-refractivity contribution is -0.142.